The average molecular weight is 355 g/mol. The number of aryl methyl sites for hydroxylation is 1. The van der Waals surface area contributed by atoms with Gasteiger partial charge in [0.2, 0.25) is 0 Å². The molecule has 0 atom stereocenters. The van der Waals surface area contributed by atoms with E-state index in [9.17, 15) is 4.79 Å². The summed E-state index contributed by atoms with van der Waals surface area (Å²) >= 11 is 5.19. The Kier molecular flexibility index (Phi) is 4.80. The summed E-state index contributed by atoms with van der Waals surface area (Å²) in [6.45, 7) is 1.79. The van der Waals surface area contributed by atoms with Gasteiger partial charge in [0, 0.05) is 18.0 Å². The van der Waals surface area contributed by atoms with Crippen molar-refractivity contribution in [3.8, 4) is 5.75 Å². The number of thiocarbonyl (C=S) groups is 1. The lowest BCUT2D eigenvalue weighted by Gasteiger charge is -2.12. The predicted octanol–water partition coefficient (Wildman–Crippen LogP) is 2.28. The fourth-order valence-electron chi connectivity index (χ4n) is 2.42. The van der Waals surface area contributed by atoms with Crippen LogP contribution in [0.25, 0.3) is 5.65 Å². The minimum absolute atomic E-state index is 0.257. The van der Waals surface area contributed by atoms with E-state index >= 15 is 0 Å². The molecule has 0 bridgehead atoms. The summed E-state index contributed by atoms with van der Waals surface area (Å²) in [7, 11) is 1.59. The number of ether oxygens (including phenoxy) is 1. The Bertz CT molecular complexity index is 938. The highest BCUT2D eigenvalue weighted by Crippen LogP contribution is 2.16. The zero-order valence-corrected chi connectivity index (χ0v) is 14.6. The smallest absolute Gasteiger partial charge is 0.288 e. The SMILES string of the molecule is COc1cccc(NC(=S)NNC(=O)c2c(C)nc3ccccn23)c1. The number of fused-ring (bicyclic) bond motifs is 1. The number of hydrogen-bond acceptors (Lipinski definition) is 4. The molecule has 128 valence electrons. The predicted molar refractivity (Wildman–Crippen MR) is 99.7 cm³/mol. The number of nitrogens with one attached hydrogen (secondary N) is 3. The number of aromatic nitrogens is 2. The molecule has 25 heavy (non-hydrogen) atoms. The maximum Gasteiger partial charge on any atom is 0.288 e. The summed E-state index contributed by atoms with van der Waals surface area (Å²) in [5.74, 6) is 0.379. The van der Waals surface area contributed by atoms with Crippen LogP contribution in [0.2, 0.25) is 0 Å². The van der Waals surface area contributed by atoms with Gasteiger partial charge in [0.15, 0.2) is 5.11 Å². The summed E-state index contributed by atoms with van der Waals surface area (Å²) in [4.78, 5) is 16.8. The molecule has 0 saturated carbocycles. The molecular weight excluding hydrogens is 338 g/mol. The normalized spacial score (nSPS) is 10.3. The van der Waals surface area contributed by atoms with Gasteiger partial charge in [-0.25, -0.2) is 4.98 Å². The minimum Gasteiger partial charge on any atom is -0.497 e. The van der Waals surface area contributed by atoms with Crippen LogP contribution in [-0.4, -0.2) is 27.5 Å². The van der Waals surface area contributed by atoms with Gasteiger partial charge in [-0.05, 0) is 43.4 Å². The van der Waals surface area contributed by atoms with Crippen molar-refractivity contribution in [1.82, 2.24) is 20.2 Å². The molecule has 3 aromatic rings. The molecule has 0 radical (unpaired) electrons. The highest BCUT2D eigenvalue weighted by molar-refractivity contribution is 7.80. The second-order valence-electron chi connectivity index (χ2n) is 5.24. The monoisotopic (exact) mass is 355 g/mol. The molecule has 2 heterocycles. The summed E-state index contributed by atoms with van der Waals surface area (Å²) in [6.07, 6.45) is 1.79. The molecule has 7 nitrogen and oxygen atoms in total. The third-order valence-corrected chi connectivity index (χ3v) is 3.74. The minimum atomic E-state index is -0.328. The summed E-state index contributed by atoms with van der Waals surface area (Å²) < 4.78 is 6.88. The standard InChI is InChI=1S/C17H17N5O2S/c1-11-15(22-9-4-3-8-14(22)18-11)16(23)20-21-17(25)19-12-6-5-7-13(10-12)24-2/h3-10H,1-2H3,(H,20,23)(H2,19,21,25). The molecule has 0 aliphatic rings. The van der Waals surface area contributed by atoms with E-state index in [0.717, 1.165) is 5.69 Å². The number of rotatable bonds is 3. The van der Waals surface area contributed by atoms with Crippen molar-refractivity contribution in [2.24, 2.45) is 0 Å². The number of carbonyl (C=O) groups is 1. The molecule has 1 aromatic carbocycles. The second-order valence-corrected chi connectivity index (χ2v) is 5.65. The zero-order valence-electron chi connectivity index (χ0n) is 13.7. The lowest BCUT2D eigenvalue weighted by Crippen LogP contribution is -2.44. The molecule has 0 aliphatic carbocycles. The van der Waals surface area contributed by atoms with Gasteiger partial charge in [0.25, 0.3) is 5.91 Å². The van der Waals surface area contributed by atoms with Crippen molar-refractivity contribution in [3.63, 3.8) is 0 Å². The quantitative estimate of drug-likeness (QED) is 0.494. The lowest BCUT2D eigenvalue weighted by atomic mass is 10.3. The maximum atomic E-state index is 12.5. The number of methoxy groups -OCH3 is 1. The van der Waals surface area contributed by atoms with Crippen molar-refractivity contribution in [3.05, 3.63) is 60.0 Å². The molecular formula is C17H17N5O2S. The van der Waals surface area contributed by atoms with Crippen LogP contribution in [0.4, 0.5) is 5.69 Å². The molecule has 1 amide bonds. The van der Waals surface area contributed by atoms with Crippen molar-refractivity contribution in [2.45, 2.75) is 6.92 Å². The first-order valence-electron chi connectivity index (χ1n) is 7.53. The summed E-state index contributed by atoms with van der Waals surface area (Å²) in [6, 6.07) is 12.9. The summed E-state index contributed by atoms with van der Waals surface area (Å²) in [5, 5.41) is 3.23. The Balaban J connectivity index is 1.65. The molecule has 3 rings (SSSR count). The average Bonchev–Trinajstić information content (AvgIpc) is 2.95. The first-order valence-corrected chi connectivity index (χ1v) is 7.94. The number of carbonyl (C=O) groups excluding carboxylic acids is 1. The van der Waals surface area contributed by atoms with E-state index in [2.05, 4.69) is 21.2 Å². The Morgan fingerprint density at radius 2 is 2.04 bits per heavy atom. The Labute approximate surface area is 150 Å². The van der Waals surface area contributed by atoms with Crippen LogP contribution in [-0.2, 0) is 0 Å². The van der Waals surface area contributed by atoms with Crippen LogP contribution < -0.4 is 20.9 Å². The molecule has 0 saturated heterocycles. The van der Waals surface area contributed by atoms with E-state index in [4.69, 9.17) is 17.0 Å². The fourth-order valence-corrected chi connectivity index (χ4v) is 2.59. The number of hydrogen-bond donors (Lipinski definition) is 3. The second kappa shape index (κ2) is 7.18. The molecule has 0 unspecified atom stereocenters. The largest absolute Gasteiger partial charge is 0.497 e. The van der Waals surface area contributed by atoms with Crippen LogP contribution in [0, 0.1) is 6.92 Å². The first-order chi connectivity index (χ1) is 12.1. The van der Waals surface area contributed by atoms with Gasteiger partial charge in [0.1, 0.15) is 17.1 Å². The van der Waals surface area contributed by atoms with Crippen molar-refractivity contribution >= 4 is 34.6 Å². The van der Waals surface area contributed by atoms with Gasteiger partial charge < -0.3 is 10.1 Å². The van der Waals surface area contributed by atoms with Crippen LogP contribution in [0.5, 0.6) is 5.75 Å². The number of anilines is 1. The van der Waals surface area contributed by atoms with Crippen molar-refractivity contribution in [2.75, 3.05) is 12.4 Å². The molecule has 0 spiro atoms. The number of benzene rings is 1. The number of imidazole rings is 1. The Hall–Kier alpha value is -3.13. The van der Waals surface area contributed by atoms with E-state index in [1.165, 1.54) is 0 Å². The number of hydrazine groups is 1. The van der Waals surface area contributed by atoms with E-state index in [1.54, 1.807) is 30.7 Å². The van der Waals surface area contributed by atoms with Gasteiger partial charge in [-0.1, -0.05) is 12.1 Å². The van der Waals surface area contributed by atoms with Crippen LogP contribution in [0.1, 0.15) is 16.2 Å². The van der Waals surface area contributed by atoms with Gasteiger partial charge in [-0.15, -0.1) is 0 Å². The van der Waals surface area contributed by atoms with Gasteiger partial charge in [-0.3, -0.25) is 20.0 Å². The molecule has 0 fully saturated rings. The first kappa shape index (κ1) is 16.7. The van der Waals surface area contributed by atoms with Gasteiger partial charge in [0.05, 0.1) is 12.8 Å². The molecule has 8 heteroatoms. The molecule has 2 aromatic heterocycles. The third-order valence-electron chi connectivity index (χ3n) is 3.54. The highest BCUT2D eigenvalue weighted by Gasteiger charge is 2.16. The third kappa shape index (κ3) is 3.69. The highest BCUT2D eigenvalue weighted by atomic mass is 32.1. The molecule has 3 N–H and O–H groups in total. The van der Waals surface area contributed by atoms with Crippen molar-refractivity contribution < 1.29 is 9.53 Å². The van der Waals surface area contributed by atoms with Gasteiger partial charge in [-0.2, -0.15) is 0 Å². The Morgan fingerprint density at radius 3 is 2.84 bits per heavy atom. The van der Waals surface area contributed by atoms with Gasteiger partial charge >= 0.3 is 0 Å². The van der Waals surface area contributed by atoms with E-state index in [0.29, 0.717) is 22.8 Å². The maximum absolute atomic E-state index is 12.5. The topological polar surface area (TPSA) is 79.7 Å². The number of pyridine rings is 1. The lowest BCUT2D eigenvalue weighted by molar-refractivity contribution is 0.0937. The van der Waals surface area contributed by atoms with Crippen molar-refractivity contribution in [1.29, 1.82) is 0 Å². The number of nitrogens with zero attached hydrogens (tertiary/aromatic N) is 2. The van der Waals surface area contributed by atoms with E-state index in [1.807, 2.05) is 36.4 Å². The number of amides is 1. The van der Waals surface area contributed by atoms with E-state index in [-0.39, 0.29) is 11.0 Å². The van der Waals surface area contributed by atoms with E-state index < -0.39 is 0 Å². The Morgan fingerprint density at radius 1 is 1.20 bits per heavy atom. The van der Waals surface area contributed by atoms with Crippen LogP contribution >= 0.6 is 12.2 Å². The molecule has 0 aliphatic heterocycles. The summed E-state index contributed by atoms with van der Waals surface area (Å²) in [5.41, 5.74) is 7.81. The van der Waals surface area contributed by atoms with Crippen LogP contribution in [0.15, 0.2) is 48.7 Å². The fraction of sp³-hybridized carbons (Fsp3) is 0.118. The van der Waals surface area contributed by atoms with Crippen LogP contribution in [0.3, 0.4) is 0 Å². The zero-order chi connectivity index (χ0) is 17.8.